The van der Waals surface area contributed by atoms with Crippen LogP contribution >= 0.6 is 0 Å². The number of hydrogen-bond donors (Lipinski definition) is 0. The molecule has 1 rings (SSSR count). The number of tetrazole rings is 1. The van der Waals surface area contributed by atoms with E-state index in [0.717, 1.165) is 0 Å². The standard InChI is InChI=1S/C3H7.C2H3N4.Y/c1-3-2;1-6-2-3-4-5-6;/h3H,1-2H3;1H3;/q2*-1;. The van der Waals surface area contributed by atoms with Gasteiger partial charge in [-0.1, -0.05) is 10.4 Å². The van der Waals surface area contributed by atoms with Crippen molar-refractivity contribution in [3.05, 3.63) is 12.7 Å². The van der Waals surface area contributed by atoms with Crippen molar-refractivity contribution in [1.82, 2.24) is 20.2 Å². The molecule has 0 aliphatic heterocycles. The molecule has 0 bridgehead atoms. The van der Waals surface area contributed by atoms with E-state index in [0.29, 0.717) is 0 Å². The molecule has 10 heavy (non-hydrogen) atoms. The summed E-state index contributed by atoms with van der Waals surface area (Å²) in [5.41, 5.74) is 0. The van der Waals surface area contributed by atoms with Crippen LogP contribution in [-0.2, 0) is 39.8 Å². The molecule has 0 N–H and O–H groups in total. The van der Waals surface area contributed by atoms with Gasteiger partial charge in [0.05, 0.1) is 0 Å². The third-order valence-corrected chi connectivity index (χ3v) is 0.408. The van der Waals surface area contributed by atoms with Crippen molar-refractivity contribution in [2.45, 2.75) is 13.8 Å². The maximum atomic E-state index is 3.42. The molecule has 0 fully saturated rings. The van der Waals surface area contributed by atoms with Crippen LogP contribution in [0.1, 0.15) is 13.8 Å². The maximum Gasteiger partial charge on any atom is 0 e. The van der Waals surface area contributed by atoms with Gasteiger partial charge in [-0.3, -0.25) is 0 Å². The molecule has 5 heteroatoms. The van der Waals surface area contributed by atoms with Crippen LogP contribution in [0.15, 0.2) is 0 Å². The molecule has 4 nitrogen and oxygen atoms in total. The molecule has 1 aromatic heterocycles. The summed E-state index contributed by atoms with van der Waals surface area (Å²) >= 11 is 0. The van der Waals surface area contributed by atoms with E-state index in [1.165, 1.54) is 4.68 Å². The zero-order valence-corrected chi connectivity index (χ0v) is 9.28. The fourth-order valence-electron chi connectivity index (χ4n) is 0.185. The summed E-state index contributed by atoms with van der Waals surface area (Å²) in [6, 6.07) is 0. The number of hydrogen-bond acceptors (Lipinski definition) is 3. The minimum Gasteiger partial charge on any atom is -0.410 e. The summed E-state index contributed by atoms with van der Waals surface area (Å²) in [6.07, 6.45) is 4.44. The van der Waals surface area contributed by atoms with Gasteiger partial charge < -0.3 is 16.2 Å². The molecule has 1 radical (unpaired) electrons. The Kier molecular flexibility index (Phi) is 11.8. The first kappa shape index (κ1) is 12.8. The Hall–Kier alpha value is 0.174. The topological polar surface area (TPSA) is 43.6 Å². The van der Waals surface area contributed by atoms with Crippen LogP contribution in [0.3, 0.4) is 0 Å². The normalized spacial score (nSPS) is 7.10. The van der Waals surface area contributed by atoms with Crippen molar-refractivity contribution in [1.29, 1.82) is 0 Å². The molecule has 0 aliphatic carbocycles. The van der Waals surface area contributed by atoms with E-state index in [-0.39, 0.29) is 32.7 Å². The fraction of sp³-hybridized carbons (Fsp3) is 0.600. The van der Waals surface area contributed by atoms with Crippen LogP contribution in [0.25, 0.3) is 0 Å². The Labute approximate surface area is 86.3 Å². The van der Waals surface area contributed by atoms with Crippen LogP contribution in [0.5, 0.6) is 0 Å². The van der Waals surface area contributed by atoms with E-state index >= 15 is 0 Å². The number of nitrogens with zero attached hydrogens (tertiary/aromatic N) is 4. The maximum absolute atomic E-state index is 3.42. The second-order valence-electron chi connectivity index (χ2n) is 1.48. The van der Waals surface area contributed by atoms with Gasteiger partial charge in [-0.25, -0.2) is 6.33 Å². The van der Waals surface area contributed by atoms with E-state index in [1.54, 1.807) is 7.05 Å². The third kappa shape index (κ3) is 8.17. The zero-order valence-electron chi connectivity index (χ0n) is 6.44. The third-order valence-electron chi connectivity index (χ3n) is 0.408. The van der Waals surface area contributed by atoms with Crippen molar-refractivity contribution in [3.63, 3.8) is 0 Å². The van der Waals surface area contributed by atoms with Gasteiger partial charge in [-0.15, -0.1) is 0 Å². The van der Waals surface area contributed by atoms with Gasteiger partial charge in [0.2, 0.25) is 0 Å². The molecular formula is C5H10N4Y-2. The quantitative estimate of drug-likeness (QED) is 0.582. The van der Waals surface area contributed by atoms with Gasteiger partial charge >= 0.3 is 0 Å². The predicted molar refractivity (Wildman–Crippen MR) is 33.3 cm³/mol. The molecule has 1 aromatic rings. The molecular weight excluding hydrogens is 205 g/mol. The van der Waals surface area contributed by atoms with Gasteiger partial charge in [0, 0.05) is 32.7 Å². The second kappa shape index (κ2) is 9.17. The molecule has 1 heterocycles. The number of aryl methyl sites for hydroxylation is 1. The Morgan fingerprint density at radius 2 is 1.90 bits per heavy atom. The Morgan fingerprint density at radius 1 is 1.40 bits per heavy atom. The first-order valence-corrected chi connectivity index (χ1v) is 2.65. The largest absolute Gasteiger partial charge is 0.410 e. The summed E-state index contributed by atoms with van der Waals surface area (Å²) in [6.45, 7) is 4.00. The smallest absolute Gasteiger partial charge is 0 e. The van der Waals surface area contributed by atoms with Crippen molar-refractivity contribution in [2.24, 2.45) is 7.05 Å². The molecule has 0 aliphatic rings. The first-order chi connectivity index (χ1) is 4.31. The Morgan fingerprint density at radius 3 is 2.00 bits per heavy atom. The fourth-order valence-corrected chi connectivity index (χ4v) is 0.185. The van der Waals surface area contributed by atoms with E-state index in [1.807, 2.05) is 20.3 Å². The van der Waals surface area contributed by atoms with Crippen LogP contribution in [0.4, 0.5) is 0 Å². The summed E-state index contributed by atoms with van der Waals surface area (Å²) in [5, 5.41) is 9.94. The number of rotatable bonds is 0. The van der Waals surface area contributed by atoms with E-state index in [2.05, 4.69) is 21.9 Å². The Bertz CT molecular complexity index is 128. The summed E-state index contributed by atoms with van der Waals surface area (Å²) in [5.74, 6) is 0. The van der Waals surface area contributed by atoms with Crippen LogP contribution in [-0.4, -0.2) is 20.2 Å². The van der Waals surface area contributed by atoms with Gasteiger partial charge in [0.25, 0.3) is 0 Å². The summed E-state index contributed by atoms with van der Waals surface area (Å²) < 4.78 is 1.40. The van der Waals surface area contributed by atoms with Gasteiger partial charge in [-0.2, -0.15) is 13.8 Å². The molecule has 55 valence electrons. The minimum atomic E-state index is 0. The minimum absolute atomic E-state index is 0. The van der Waals surface area contributed by atoms with Crippen LogP contribution < -0.4 is 0 Å². The molecule has 0 unspecified atom stereocenters. The number of aromatic nitrogens is 4. The van der Waals surface area contributed by atoms with Gasteiger partial charge in [0.1, 0.15) is 0 Å². The molecule has 0 saturated heterocycles. The molecule has 0 aromatic carbocycles. The predicted octanol–water partition coefficient (Wildman–Crippen LogP) is 0.238. The van der Waals surface area contributed by atoms with Crippen molar-refractivity contribution >= 4 is 0 Å². The van der Waals surface area contributed by atoms with Crippen molar-refractivity contribution in [2.75, 3.05) is 0 Å². The van der Waals surface area contributed by atoms with E-state index in [4.69, 9.17) is 0 Å². The average molecular weight is 215 g/mol. The van der Waals surface area contributed by atoms with Gasteiger partial charge in [0.15, 0.2) is 0 Å². The van der Waals surface area contributed by atoms with Crippen molar-refractivity contribution in [3.8, 4) is 0 Å². The second-order valence-corrected chi connectivity index (χ2v) is 1.48. The van der Waals surface area contributed by atoms with Crippen LogP contribution in [0.2, 0.25) is 0 Å². The SMILES string of the molecule is C[CH-]C.Cn1[c-]nnn1.[Y]. The zero-order chi connectivity index (χ0) is 7.11. The van der Waals surface area contributed by atoms with Gasteiger partial charge in [-0.05, 0) is 7.05 Å². The molecule has 0 spiro atoms. The molecule has 0 atom stereocenters. The first-order valence-electron chi connectivity index (χ1n) is 2.65. The van der Waals surface area contributed by atoms with Crippen LogP contribution in [0, 0.1) is 12.7 Å². The average Bonchev–Trinajstić information content (AvgIpc) is 2.20. The molecule has 0 saturated carbocycles. The monoisotopic (exact) mass is 215 g/mol. The summed E-state index contributed by atoms with van der Waals surface area (Å²) in [4.78, 5) is 0. The Balaban J connectivity index is 0. The van der Waals surface area contributed by atoms with E-state index < -0.39 is 0 Å². The molecule has 0 amide bonds. The van der Waals surface area contributed by atoms with Crippen molar-refractivity contribution < 1.29 is 32.7 Å². The van der Waals surface area contributed by atoms with E-state index in [9.17, 15) is 0 Å². The summed E-state index contributed by atoms with van der Waals surface area (Å²) in [7, 11) is 1.71.